The van der Waals surface area contributed by atoms with Gasteiger partial charge in [0.1, 0.15) is 0 Å². The number of hydrogen-bond donors (Lipinski definition) is 1. The predicted octanol–water partition coefficient (Wildman–Crippen LogP) is 2.43. The predicted molar refractivity (Wildman–Crippen MR) is 113 cm³/mol. The van der Waals surface area contributed by atoms with Crippen LogP contribution in [0.5, 0.6) is 11.5 Å². The molecule has 2 aromatic rings. The number of carbonyl (C=O) groups is 2. The molecule has 7 heteroatoms. The van der Waals surface area contributed by atoms with Crippen molar-refractivity contribution in [1.29, 1.82) is 0 Å². The molecular weight excluding hydrogens is 384 g/mol. The third-order valence-corrected chi connectivity index (χ3v) is 5.02. The number of methoxy groups -OCH3 is 1. The third-order valence-electron chi connectivity index (χ3n) is 5.02. The molecule has 1 N–H and O–H groups in total. The number of benzene rings is 2. The largest absolute Gasteiger partial charge is 0.493 e. The van der Waals surface area contributed by atoms with Crippen molar-refractivity contribution in [3.8, 4) is 11.5 Å². The van der Waals surface area contributed by atoms with Crippen LogP contribution in [0.1, 0.15) is 28.4 Å². The molecule has 160 valence electrons. The van der Waals surface area contributed by atoms with Gasteiger partial charge in [-0.2, -0.15) is 0 Å². The SMILES string of the molecule is COc1cc(C(C)=O)ccc1OCC(=O)NCc1ccccc1CN1CCOCC1. The molecule has 3 rings (SSSR count). The van der Waals surface area contributed by atoms with Gasteiger partial charge in [-0.25, -0.2) is 0 Å². The van der Waals surface area contributed by atoms with Gasteiger partial charge in [0.2, 0.25) is 0 Å². The van der Waals surface area contributed by atoms with Crippen LogP contribution >= 0.6 is 0 Å². The maximum absolute atomic E-state index is 12.3. The van der Waals surface area contributed by atoms with Gasteiger partial charge in [0.25, 0.3) is 5.91 Å². The number of morpholine rings is 1. The molecule has 0 unspecified atom stereocenters. The topological polar surface area (TPSA) is 77.1 Å². The highest BCUT2D eigenvalue weighted by atomic mass is 16.5. The van der Waals surface area contributed by atoms with Crippen LogP contribution in [0.15, 0.2) is 42.5 Å². The lowest BCUT2D eigenvalue weighted by Gasteiger charge is -2.27. The smallest absolute Gasteiger partial charge is 0.258 e. The molecule has 0 atom stereocenters. The van der Waals surface area contributed by atoms with Crippen molar-refractivity contribution in [2.75, 3.05) is 40.0 Å². The molecule has 1 aliphatic rings. The maximum atomic E-state index is 12.3. The van der Waals surface area contributed by atoms with Gasteiger partial charge in [-0.3, -0.25) is 14.5 Å². The zero-order valence-corrected chi connectivity index (χ0v) is 17.5. The molecule has 1 amide bonds. The first kappa shape index (κ1) is 21.8. The van der Waals surface area contributed by atoms with E-state index in [-0.39, 0.29) is 18.3 Å². The standard InChI is InChI=1S/C23H28N2O5/c1-17(26)18-7-8-21(22(13-18)28-2)30-16-23(27)24-14-19-5-3-4-6-20(19)15-25-9-11-29-12-10-25/h3-8,13H,9-12,14-16H2,1-2H3,(H,24,27). The Bertz CT molecular complexity index is 878. The van der Waals surface area contributed by atoms with Crippen LogP contribution in [0.25, 0.3) is 0 Å². The summed E-state index contributed by atoms with van der Waals surface area (Å²) in [6.07, 6.45) is 0. The van der Waals surface area contributed by atoms with Crippen LogP contribution in [0.2, 0.25) is 0 Å². The number of hydrogen-bond acceptors (Lipinski definition) is 6. The highest BCUT2D eigenvalue weighted by Gasteiger charge is 2.14. The second-order valence-corrected chi connectivity index (χ2v) is 7.14. The molecule has 0 bridgehead atoms. The summed E-state index contributed by atoms with van der Waals surface area (Å²) < 4.78 is 16.3. The summed E-state index contributed by atoms with van der Waals surface area (Å²) in [4.78, 5) is 26.2. The van der Waals surface area contributed by atoms with Gasteiger partial charge in [0.05, 0.1) is 20.3 Å². The summed E-state index contributed by atoms with van der Waals surface area (Å²) in [5.74, 6) is 0.555. The first-order valence-corrected chi connectivity index (χ1v) is 10.0. The van der Waals surface area contributed by atoms with Gasteiger partial charge in [0, 0.05) is 31.7 Å². The molecule has 1 heterocycles. The van der Waals surface area contributed by atoms with Crippen LogP contribution in [-0.2, 0) is 22.6 Å². The van der Waals surface area contributed by atoms with E-state index in [9.17, 15) is 9.59 Å². The Morgan fingerprint density at radius 2 is 1.80 bits per heavy atom. The summed E-state index contributed by atoms with van der Waals surface area (Å²) in [5, 5.41) is 2.91. The summed E-state index contributed by atoms with van der Waals surface area (Å²) in [6, 6.07) is 13.0. The number of nitrogens with zero attached hydrogens (tertiary/aromatic N) is 1. The minimum atomic E-state index is -0.228. The second kappa shape index (κ2) is 10.8. The molecule has 0 radical (unpaired) electrons. The number of Topliss-reactive ketones (excluding diaryl/α,β-unsaturated/α-hetero) is 1. The van der Waals surface area contributed by atoms with Gasteiger partial charge >= 0.3 is 0 Å². The van der Waals surface area contributed by atoms with Crippen LogP contribution in [0.3, 0.4) is 0 Å². The van der Waals surface area contributed by atoms with E-state index in [1.165, 1.54) is 19.6 Å². The molecule has 7 nitrogen and oxygen atoms in total. The average molecular weight is 412 g/mol. The Balaban J connectivity index is 1.53. The molecule has 0 spiro atoms. The number of ether oxygens (including phenoxy) is 3. The Hall–Kier alpha value is -2.90. The number of ketones is 1. The van der Waals surface area contributed by atoms with Crippen molar-refractivity contribution < 1.29 is 23.8 Å². The van der Waals surface area contributed by atoms with Crippen LogP contribution in [0.4, 0.5) is 0 Å². The van der Waals surface area contributed by atoms with Crippen molar-refractivity contribution in [3.05, 3.63) is 59.2 Å². The van der Waals surface area contributed by atoms with E-state index in [2.05, 4.69) is 16.3 Å². The fourth-order valence-electron chi connectivity index (χ4n) is 3.28. The second-order valence-electron chi connectivity index (χ2n) is 7.14. The number of amides is 1. The lowest BCUT2D eigenvalue weighted by atomic mass is 10.1. The van der Waals surface area contributed by atoms with Crippen molar-refractivity contribution in [1.82, 2.24) is 10.2 Å². The Morgan fingerprint density at radius 1 is 1.07 bits per heavy atom. The van der Waals surface area contributed by atoms with E-state index in [0.29, 0.717) is 23.6 Å². The summed E-state index contributed by atoms with van der Waals surface area (Å²) in [5.41, 5.74) is 2.81. The van der Waals surface area contributed by atoms with Crippen molar-refractivity contribution in [2.24, 2.45) is 0 Å². The minimum Gasteiger partial charge on any atom is -0.493 e. The molecule has 0 saturated carbocycles. The van der Waals surface area contributed by atoms with E-state index < -0.39 is 0 Å². The fraction of sp³-hybridized carbons (Fsp3) is 0.391. The first-order chi connectivity index (χ1) is 14.6. The maximum Gasteiger partial charge on any atom is 0.258 e. The molecule has 1 fully saturated rings. The van der Waals surface area contributed by atoms with E-state index in [1.54, 1.807) is 18.2 Å². The van der Waals surface area contributed by atoms with E-state index in [0.717, 1.165) is 38.4 Å². The monoisotopic (exact) mass is 412 g/mol. The van der Waals surface area contributed by atoms with Crippen molar-refractivity contribution >= 4 is 11.7 Å². The molecule has 0 aliphatic carbocycles. The van der Waals surface area contributed by atoms with Crippen molar-refractivity contribution in [3.63, 3.8) is 0 Å². The van der Waals surface area contributed by atoms with E-state index in [1.807, 2.05) is 18.2 Å². The highest BCUT2D eigenvalue weighted by molar-refractivity contribution is 5.94. The number of carbonyl (C=O) groups excluding carboxylic acids is 2. The Morgan fingerprint density at radius 3 is 2.50 bits per heavy atom. The molecule has 0 aromatic heterocycles. The Kier molecular flexibility index (Phi) is 7.82. The van der Waals surface area contributed by atoms with Gasteiger partial charge in [-0.05, 0) is 36.2 Å². The lowest BCUT2D eigenvalue weighted by molar-refractivity contribution is -0.123. The fourth-order valence-corrected chi connectivity index (χ4v) is 3.28. The summed E-state index contributed by atoms with van der Waals surface area (Å²) in [6.45, 7) is 5.97. The van der Waals surface area contributed by atoms with Gasteiger partial charge in [-0.1, -0.05) is 24.3 Å². The molecule has 30 heavy (non-hydrogen) atoms. The van der Waals surface area contributed by atoms with Gasteiger partial charge in [-0.15, -0.1) is 0 Å². The zero-order chi connectivity index (χ0) is 21.3. The molecule has 1 saturated heterocycles. The first-order valence-electron chi connectivity index (χ1n) is 10.0. The van der Waals surface area contributed by atoms with Crippen molar-refractivity contribution in [2.45, 2.75) is 20.0 Å². The van der Waals surface area contributed by atoms with E-state index in [4.69, 9.17) is 14.2 Å². The number of rotatable bonds is 9. The van der Waals surface area contributed by atoms with E-state index >= 15 is 0 Å². The molecule has 2 aromatic carbocycles. The van der Waals surface area contributed by atoms with Gasteiger partial charge < -0.3 is 19.5 Å². The highest BCUT2D eigenvalue weighted by Crippen LogP contribution is 2.28. The average Bonchev–Trinajstić information content (AvgIpc) is 2.77. The van der Waals surface area contributed by atoms with Gasteiger partial charge in [0.15, 0.2) is 23.9 Å². The Labute approximate surface area is 176 Å². The zero-order valence-electron chi connectivity index (χ0n) is 17.5. The normalized spacial score (nSPS) is 14.2. The van der Waals surface area contributed by atoms with Crippen LogP contribution < -0.4 is 14.8 Å². The lowest BCUT2D eigenvalue weighted by Crippen LogP contribution is -2.36. The number of nitrogens with one attached hydrogen (secondary N) is 1. The summed E-state index contributed by atoms with van der Waals surface area (Å²) >= 11 is 0. The van der Waals surface area contributed by atoms with Crippen LogP contribution in [0, 0.1) is 0 Å². The molecular formula is C23H28N2O5. The summed E-state index contributed by atoms with van der Waals surface area (Å²) in [7, 11) is 1.50. The molecule has 1 aliphatic heterocycles. The minimum absolute atomic E-state index is 0.0617. The quantitative estimate of drug-likeness (QED) is 0.638. The van der Waals surface area contributed by atoms with Crippen LogP contribution in [-0.4, -0.2) is 56.6 Å². The third kappa shape index (κ3) is 6.05.